The number of hydrogen-bond acceptors (Lipinski definition) is 2. The smallest absolute Gasteiger partial charge is 0.269 e. The van der Waals surface area contributed by atoms with Crippen molar-refractivity contribution in [2.75, 3.05) is 26.2 Å². The zero-order valence-corrected chi connectivity index (χ0v) is 14.7. The van der Waals surface area contributed by atoms with Crippen molar-refractivity contribution in [1.29, 1.82) is 0 Å². The first-order valence-electron chi connectivity index (χ1n) is 9.14. The molecule has 1 aliphatic heterocycles. The summed E-state index contributed by atoms with van der Waals surface area (Å²) in [7, 11) is 0. The number of rotatable bonds is 5. The molecule has 1 fully saturated rings. The van der Waals surface area contributed by atoms with Crippen LogP contribution in [0.3, 0.4) is 0 Å². The molecule has 3 N–H and O–H groups in total. The Kier molecular flexibility index (Phi) is 4.69. The Hall–Kier alpha value is -2.70. The molecule has 0 amide bonds. The minimum Gasteiger partial charge on any atom is -0.361 e. The van der Waals surface area contributed by atoms with E-state index in [0.29, 0.717) is 0 Å². The Morgan fingerprint density at radius 1 is 0.962 bits per heavy atom. The van der Waals surface area contributed by atoms with Crippen molar-refractivity contribution >= 4 is 16.6 Å². The number of para-hydroxylation sites is 1. The van der Waals surface area contributed by atoms with Crippen molar-refractivity contribution in [3.8, 4) is 0 Å². The van der Waals surface area contributed by atoms with Gasteiger partial charge in [0.05, 0.1) is 4.92 Å². The van der Waals surface area contributed by atoms with Gasteiger partial charge in [0.15, 0.2) is 0 Å². The molecule has 2 heterocycles. The standard InChI is InChI=1S/C20H22N4O2/c25-24(26)18-5-3-4-16(12-18)14-22-8-10-23(11-9-22)15-17-13-21-20-7-2-1-6-19(17)20/h1-7,12-13,21H,8-11,14-15H2/p+2. The molecule has 0 bridgehead atoms. The van der Waals surface area contributed by atoms with Crippen molar-refractivity contribution in [3.05, 3.63) is 76.0 Å². The summed E-state index contributed by atoms with van der Waals surface area (Å²) in [6.45, 7) is 6.37. The summed E-state index contributed by atoms with van der Waals surface area (Å²) in [5, 5.41) is 12.3. The van der Waals surface area contributed by atoms with Crippen LogP contribution in [0.1, 0.15) is 11.1 Å². The fourth-order valence-corrected chi connectivity index (χ4v) is 3.93. The van der Waals surface area contributed by atoms with Gasteiger partial charge in [-0.25, -0.2) is 0 Å². The van der Waals surface area contributed by atoms with E-state index < -0.39 is 0 Å². The zero-order valence-electron chi connectivity index (χ0n) is 14.7. The lowest BCUT2D eigenvalue weighted by Gasteiger charge is -2.29. The second-order valence-corrected chi connectivity index (χ2v) is 7.14. The molecule has 0 saturated carbocycles. The van der Waals surface area contributed by atoms with Gasteiger partial charge in [-0.15, -0.1) is 0 Å². The molecule has 26 heavy (non-hydrogen) atoms. The van der Waals surface area contributed by atoms with E-state index in [2.05, 4.69) is 35.4 Å². The van der Waals surface area contributed by atoms with Crippen LogP contribution in [0.25, 0.3) is 10.9 Å². The summed E-state index contributed by atoms with van der Waals surface area (Å²) < 4.78 is 0. The Labute approximate surface area is 152 Å². The number of quaternary nitrogens is 2. The van der Waals surface area contributed by atoms with Crippen LogP contribution in [-0.2, 0) is 13.1 Å². The lowest BCUT2D eigenvalue weighted by Crippen LogP contribution is -3.27. The molecule has 2 aromatic carbocycles. The van der Waals surface area contributed by atoms with E-state index in [1.165, 1.54) is 21.4 Å². The van der Waals surface area contributed by atoms with Crippen molar-refractivity contribution in [2.45, 2.75) is 13.1 Å². The molecule has 0 spiro atoms. The van der Waals surface area contributed by atoms with Crippen LogP contribution >= 0.6 is 0 Å². The highest BCUT2D eigenvalue weighted by Gasteiger charge is 2.24. The first-order valence-corrected chi connectivity index (χ1v) is 9.14. The molecule has 6 heteroatoms. The number of nitro benzene ring substituents is 1. The number of nitro groups is 1. The van der Waals surface area contributed by atoms with Gasteiger partial charge < -0.3 is 14.8 Å². The molecule has 6 nitrogen and oxygen atoms in total. The van der Waals surface area contributed by atoms with Crippen LogP contribution in [-0.4, -0.2) is 36.1 Å². The van der Waals surface area contributed by atoms with Crippen LogP contribution in [0.15, 0.2) is 54.7 Å². The second kappa shape index (κ2) is 7.27. The topological polar surface area (TPSA) is 67.8 Å². The molecule has 3 aromatic rings. The molecule has 1 aromatic heterocycles. The molecule has 134 valence electrons. The highest BCUT2D eigenvalue weighted by molar-refractivity contribution is 5.82. The average molecular weight is 352 g/mol. The first-order chi connectivity index (χ1) is 12.7. The summed E-state index contributed by atoms with van der Waals surface area (Å²) in [4.78, 5) is 17.1. The highest BCUT2D eigenvalue weighted by atomic mass is 16.6. The number of benzene rings is 2. The van der Waals surface area contributed by atoms with E-state index in [1.807, 2.05) is 6.07 Å². The predicted octanol–water partition coefficient (Wildman–Crippen LogP) is 0.560. The number of fused-ring (bicyclic) bond motifs is 1. The summed E-state index contributed by atoms with van der Waals surface area (Å²) >= 11 is 0. The fourth-order valence-electron chi connectivity index (χ4n) is 3.93. The average Bonchev–Trinajstić information content (AvgIpc) is 3.07. The van der Waals surface area contributed by atoms with Crippen LogP contribution in [0.2, 0.25) is 0 Å². The lowest BCUT2D eigenvalue weighted by molar-refractivity contribution is -1.02. The minimum absolute atomic E-state index is 0.186. The van der Waals surface area contributed by atoms with E-state index in [-0.39, 0.29) is 10.6 Å². The van der Waals surface area contributed by atoms with Crippen molar-refractivity contribution in [1.82, 2.24) is 4.98 Å². The molecule has 0 atom stereocenters. The van der Waals surface area contributed by atoms with Gasteiger partial charge >= 0.3 is 0 Å². The molecule has 1 aliphatic rings. The van der Waals surface area contributed by atoms with Gasteiger partial charge in [0.25, 0.3) is 5.69 Å². The maximum absolute atomic E-state index is 10.9. The van der Waals surface area contributed by atoms with Gasteiger partial charge in [0, 0.05) is 40.4 Å². The van der Waals surface area contributed by atoms with Crippen LogP contribution in [0, 0.1) is 10.1 Å². The van der Waals surface area contributed by atoms with Crippen LogP contribution in [0.5, 0.6) is 0 Å². The zero-order chi connectivity index (χ0) is 17.9. The number of H-pyrrole nitrogens is 1. The Balaban J connectivity index is 1.34. The van der Waals surface area contributed by atoms with Gasteiger partial charge in [-0.05, 0) is 6.07 Å². The Morgan fingerprint density at radius 2 is 1.69 bits per heavy atom. The number of hydrogen-bond donors (Lipinski definition) is 3. The van der Waals surface area contributed by atoms with Gasteiger partial charge in [-0.1, -0.05) is 30.3 Å². The second-order valence-electron chi connectivity index (χ2n) is 7.14. The van der Waals surface area contributed by atoms with E-state index in [0.717, 1.165) is 44.8 Å². The summed E-state index contributed by atoms with van der Waals surface area (Å²) in [5.74, 6) is 0. The largest absolute Gasteiger partial charge is 0.361 e. The maximum atomic E-state index is 10.9. The third kappa shape index (κ3) is 3.61. The van der Waals surface area contributed by atoms with Crippen LogP contribution in [0.4, 0.5) is 5.69 Å². The normalized spacial score (nSPS) is 20.3. The molecule has 1 saturated heterocycles. The van der Waals surface area contributed by atoms with Crippen LogP contribution < -0.4 is 9.80 Å². The van der Waals surface area contributed by atoms with E-state index in [4.69, 9.17) is 0 Å². The summed E-state index contributed by atoms with van der Waals surface area (Å²) in [6.07, 6.45) is 2.14. The number of aromatic nitrogens is 1. The van der Waals surface area contributed by atoms with E-state index in [1.54, 1.807) is 23.1 Å². The molecule has 4 rings (SSSR count). The van der Waals surface area contributed by atoms with Gasteiger partial charge in [0.2, 0.25) is 0 Å². The third-order valence-corrected chi connectivity index (χ3v) is 5.36. The lowest BCUT2D eigenvalue weighted by atomic mass is 10.1. The molecule has 0 radical (unpaired) electrons. The minimum atomic E-state index is -0.317. The van der Waals surface area contributed by atoms with E-state index >= 15 is 0 Å². The van der Waals surface area contributed by atoms with Crippen molar-refractivity contribution in [3.63, 3.8) is 0 Å². The highest BCUT2D eigenvalue weighted by Crippen LogP contribution is 2.16. The van der Waals surface area contributed by atoms with Gasteiger partial charge in [-0.3, -0.25) is 10.1 Å². The quantitative estimate of drug-likeness (QED) is 0.464. The van der Waals surface area contributed by atoms with Gasteiger partial charge in [0.1, 0.15) is 39.3 Å². The number of non-ortho nitro benzene ring substituents is 1. The predicted molar refractivity (Wildman–Crippen MR) is 100 cm³/mol. The summed E-state index contributed by atoms with van der Waals surface area (Å²) in [6, 6.07) is 15.5. The number of nitrogens with one attached hydrogen (secondary N) is 3. The number of aromatic amines is 1. The molecular weight excluding hydrogens is 328 g/mol. The Morgan fingerprint density at radius 3 is 2.46 bits per heavy atom. The number of nitrogens with zero attached hydrogens (tertiary/aromatic N) is 1. The Bertz CT molecular complexity index is 913. The summed E-state index contributed by atoms with van der Waals surface area (Å²) in [5.41, 5.74) is 3.83. The SMILES string of the molecule is O=[N+]([O-])c1cccc(C[NH+]2CC[NH+](Cc3c[nH]c4ccccc34)CC2)c1. The van der Waals surface area contributed by atoms with Gasteiger partial charge in [-0.2, -0.15) is 0 Å². The third-order valence-electron chi connectivity index (χ3n) is 5.36. The maximum Gasteiger partial charge on any atom is 0.269 e. The number of piperazine rings is 1. The van der Waals surface area contributed by atoms with E-state index in [9.17, 15) is 10.1 Å². The van der Waals surface area contributed by atoms with Crippen molar-refractivity contribution < 1.29 is 14.7 Å². The fraction of sp³-hybridized carbons (Fsp3) is 0.300. The molecular formula is C20H24N4O2+2. The first kappa shape index (κ1) is 16.8. The monoisotopic (exact) mass is 352 g/mol. The molecule has 0 aliphatic carbocycles. The molecule has 0 unspecified atom stereocenters. The van der Waals surface area contributed by atoms with Crippen molar-refractivity contribution in [2.24, 2.45) is 0 Å².